The molecule has 0 saturated carbocycles. The third-order valence-corrected chi connectivity index (χ3v) is 5.98. The Morgan fingerprint density at radius 2 is 1.80 bits per heavy atom. The molecule has 0 spiro atoms. The molecule has 4 rings (SSSR count). The molecule has 1 aliphatic rings. The van der Waals surface area contributed by atoms with Crippen molar-refractivity contribution in [1.82, 2.24) is 10.3 Å². The number of esters is 1. The van der Waals surface area contributed by atoms with E-state index in [1.165, 1.54) is 5.56 Å². The monoisotopic (exact) mass is 478 g/mol. The van der Waals surface area contributed by atoms with E-state index in [1.54, 1.807) is 7.11 Å². The molecule has 2 heterocycles. The molecular formula is C27H30N2O6. The van der Waals surface area contributed by atoms with E-state index in [4.69, 9.17) is 13.9 Å². The van der Waals surface area contributed by atoms with E-state index in [2.05, 4.69) is 15.0 Å². The summed E-state index contributed by atoms with van der Waals surface area (Å²) in [5.74, 6) is 2.18. The van der Waals surface area contributed by atoms with E-state index >= 15 is 0 Å². The smallest absolute Gasteiger partial charge is 0.415 e. The van der Waals surface area contributed by atoms with Crippen LogP contribution in [0.2, 0.25) is 0 Å². The Morgan fingerprint density at radius 1 is 1.00 bits per heavy atom. The number of ether oxygens (including phenoxy) is 3. The van der Waals surface area contributed by atoms with Gasteiger partial charge in [-0.3, -0.25) is 0 Å². The van der Waals surface area contributed by atoms with Gasteiger partial charge in [0.15, 0.2) is 11.5 Å². The molecule has 8 nitrogen and oxygen atoms in total. The second-order valence-electron chi connectivity index (χ2n) is 8.52. The van der Waals surface area contributed by atoms with Crippen LogP contribution in [0.1, 0.15) is 49.1 Å². The number of methoxy groups -OCH3 is 1. The highest BCUT2D eigenvalue weighted by Gasteiger charge is 2.31. The minimum absolute atomic E-state index is 0.285. The molecule has 1 atom stereocenters. The van der Waals surface area contributed by atoms with Gasteiger partial charge in [0.2, 0.25) is 5.89 Å². The molecule has 1 aliphatic heterocycles. The second-order valence-corrected chi connectivity index (χ2v) is 8.52. The highest BCUT2D eigenvalue weighted by Crippen LogP contribution is 2.30. The van der Waals surface area contributed by atoms with Crippen molar-refractivity contribution in [2.24, 2.45) is 0 Å². The molecule has 1 saturated heterocycles. The molecule has 2 aromatic carbocycles. The number of nitrogens with zero attached hydrogens (tertiary/aromatic N) is 1. The zero-order valence-electron chi connectivity index (χ0n) is 20.0. The lowest BCUT2D eigenvalue weighted by molar-refractivity contribution is -0.135. The summed E-state index contributed by atoms with van der Waals surface area (Å²) < 4.78 is 21.9. The quantitative estimate of drug-likeness (QED) is 0.212. The third kappa shape index (κ3) is 6.41. The normalized spacial score (nSPS) is 15.1. The van der Waals surface area contributed by atoms with Crippen LogP contribution in [-0.4, -0.2) is 30.2 Å². The Hall–Kier alpha value is -3.81. The van der Waals surface area contributed by atoms with Crippen molar-refractivity contribution in [2.75, 3.05) is 7.11 Å². The first kappa shape index (κ1) is 24.3. The SMILES string of the molecule is COc1cc(CCCCCCC2NC(=O)OC2=O)ccc1OCc1nc(-c2ccccc2)oc1C. The first-order chi connectivity index (χ1) is 17.0. The standard InChI is InChI=1S/C27H30N2O6/c1-18-22(28-25(34-18)20-11-7-5-8-12-20)17-33-23-15-14-19(16-24(23)32-2)10-6-3-4-9-13-21-26(30)35-27(31)29-21/h5,7-8,11-12,14-16,21H,3-4,6,9-10,13,17H2,1-2H3,(H,29,31). The van der Waals surface area contributed by atoms with Crippen LogP contribution in [0, 0.1) is 6.92 Å². The molecule has 1 aromatic heterocycles. The number of amides is 1. The molecule has 0 radical (unpaired) electrons. The largest absolute Gasteiger partial charge is 0.493 e. The van der Waals surface area contributed by atoms with Crippen LogP contribution < -0.4 is 14.8 Å². The van der Waals surface area contributed by atoms with Gasteiger partial charge >= 0.3 is 12.1 Å². The van der Waals surface area contributed by atoms with E-state index in [-0.39, 0.29) is 6.61 Å². The van der Waals surface area contributed by atoms with Crippen molar-refractivity contribution in [2.45, 2.75) is 58.1 Å². The number of hydrogen-bond donors (Lipinski definition) is 1. The summed E-state index contributed by atoms with van der Waals surface area (Å²) in [5, 5.41) is 2.53. The van der Waals surface area contributed by atoms with Gasteiger partial charge in [-0.1, -0.05) is 43.5 Å². The maximum atomic E-state index is 11.4. The number of aryl methyl sites for hydroxylation is 2. The molecule has 8 heteroatoms. The molecule has 35 heavy (non-hydrogen) atoms. The summed E-state index contributed by atoms with van der Waals surface area (Å²) in [4.78, 5) is 27.1. The summed E-state index contributed by atoms with van der Waals surface area (Å²) in [6.45, 7) is 2.17. The van der Waals surface area contributed by atoms with Crippen LogP contribution in [-0.2, 0) is 22.6 Å². The summed E-state index contributed by atoms with van der Waals surface area (Å²) >= 11 is 0. The minimum Gasteiger partial charge on any atom is -0.493 e. The highest BCUT2D eigenvalue weighted by molar-refractivity contribution is 5.95. The van der Waals surface area contributed by atoms with E-state index in [0.29, 0.717) is 23.8 Å². The number of carbonyl (C=O) groups is 2. The maximum absolute atomic E-state index is 11.4. The Kier molecular flexibility index (Phi) is 8.03. The van der Waals surface area contributed by atoms with Crippen molar-refractivity contribution in [3.8, 4) is 23.0 Å². The zero-order valence-corrected chi connectivity index (χ0v) is 20.0. The number of cyclic esters (lactones) is 2. The molecular weight excluding hydrogens is 448 g/mol. The van der Waals surface area contributed by atoms with E-state index in [0.717, 1.165) is 49.1 Å². The lowest BCUT2D eigenvalue weighted by atomic mass is 10.0. The number of unbranched alkanes of at least 4 members (excludes halogenated alkanes) is 3. The fraction of sp³-hybridized carbons (Fsp3) is 0.370. The number of nitrogens with one attached hydrogen (secondary N) is 1. The van der Waals surface area contributed by atoms with Gasteiger partial charge in [-0.15, -0.1) is 0 Å². The van der Waals surface area contributed by atoms with Crippen molar-refractivity contribution in [3.63, 3.8) is 0 Å². The van der Waals surface area contributed by atoms with Crippen LogP contribution in [0.5, 0.6) is 11.5 Å². The molecule has 184 valence electrons. The molecule has 0 bridgehead atoms. The summed E-state index contributed by atoms with van der Waals surface area (Å²) in [6, 6.07) is 15.3. The lowest BCUT2D eigenvalue weighted by Gasteiger charge is -2.12. The van der Waals surface area contributed by atoms with Crippen molar-refractivity contribution < 1.29 is 28.2 Å². The summed E-state index contributed by atoms with van der Waals surface area (Å²) in [6.07, 6.45) is 4.79. The predicted octanol–water partition coefficient (Wildman–Crippen LogP) is 5.37. The Balaban J connectivity index is 1.24. The molecule has 0 aliphatic carbocycles. The number of oxazole rings is 1. The maximum Gasteiger partial charge on any atom is 0.415 e. The van der Waals surface area contributed by atoms with Gasteiger partial charge in [0.1, 0.15) is 24.1 Å². The first-order valence-corrected chi connectivity index (χ1v) is 11.9. The van der Waals surface area contributed by atoms with Crippen molar-refractivity contribution in [1.29, 1.82) is 0 Å². The fourth-order valence-corrected chi connectivity index (χ4v) is 4.01. The Morgan fingerprint density at radius 3 is 2.54 bits per heavy atom. The van der Waals surface area contributed by atoms with Gasteiger partial charge in [0.05, 0.1) is 7.11 Å². The fourth-order valence-electron chi connectivity index (χ4n) is 4.01. The molecule has 3 aromatic rings. The van der Waals surface area contributed by atoms with Gasteiger partial charge in [-0.25, -0.2) is 14.6 Å². The Labute approximate surface area is 204 Å². The van der Waals surface area contributed by atoms with Crippen LogP contribution in [0.4, 0.5) is 4.79 Å². The van der Waals surface area contributed by atoms with Gasteiger partial charge in [-0.05, 0) is 56.0 Å². The highest BCUT2D eigenvalue weighted by atomic mass is 16.6. The number of carbonyl (C=O) groups excluding carboxylic acids is 2. The number of alkyl carbamates (subject to hydrolysis) is 1. The minimum atomic E-state index is -0.644. The number of hydrogen-bond acceptors (Lipinski definition) is 7. The van der Waals surface area contributed by atoms with Gasteiger partial charge < -0.3 is 23.9 Å². The van der Waals surface area contributed by atoms with Crippen molar-refractivity contribution in [3.05, 3.63) is 65.5 Å². The second kappa shape index (κ2) is 11.6. The topological polar surface area (TPSA) is 99.9 Å². The number of benzene rings is 2. The summed E-state index contributed by atoms with van der Waals surface area (Å²) in [7, 11) is 1.63. The Bertz CT molecular complexity index is 1160. The van der Waals surface area contributed by atoms with Gasteiger partial charge in [0.25, 0.3) is 0 Å². The van der Waals surface area contributed by atoms with Crippen LogP contribution in [0.3, 0.4) is 0 Å². The van der Waals surface area contributed by atoms with Gasteiger partial charge in [0, 0.05) is 5.56 Å². The van der Waals surface area contributed by atoms with E-state index in [1.807, 2.05) is 55.5 Å². The van der Waals surface area contributed by atoms with E-state index in [9.17, 15) is 9.59 Å². The predicted molar refractivity (Wildman–Crippen MR) is 129 cm³/mol. The number of aromatic nitrogens is 1. The van der Waals surface area contributed by atoms with Gasteiger partial charge in [-0.2, -0.15) is 0 Å². The first-order valence-electron chi connectivity index (χ1n) is 11.9. The van der Waals surface area contributed by atoms with E-state index < -0.39 is 18.1 Å². The molecule has 1 unspecified atom stereocenters. The average Bonchev–Trinajstić information content (AvgIpc) is 3.40. The molecule has 1 fully saturated rings. The summed E-state index contributed by atoms with van der Waals surface area (Å²) in [5.41, 5.74) is 2.85. The van der Waals surface area contributed by atoms with Crippen LogP contribution in [0.15, 0.2) is 52.9 Å². The number of rotatable bonds is 12. The average molecular weight is 479 g/mol. The van der Waals surface area contributed by atoms with Crippen LogP contribution in [0.25, 0.3) is 11.5 Å². The third-order valence-electron chi connectivity index (χ3n) is 5.98. The van der Waals surface area contributed by atoms with Crippen LogP contribution >= 0.6 is 0 Å². The van der Waals surface area contributed by atoms with Crippen molar-refractivity contribution >= 4 is 12.1 Å². The molecule has 1 amide bonds. The zero-order chi connectivity index (χ0) is 24.6. The lowest BCUT2D eigenvalue weighted by Crippen LogP contribution is -2.28. The molecule has 1 N–H and O–H groups in total.